The van der Waals surface area contributed by atoms with Gasteiger partial charge in [-0.2, -0.15) is 0 Å². The molecule has 0 unspecified atom stereocenters. The molecule has 2 aliphatic rings. The van der Waals surface area contributed by atoms with E-state index in [-0.39, 0.29) is 19.2 Å². The molecule has 2 aromatic rings. The molecule has 0 fully saturated rings. The molecule has 0 aliphatic carbocycles. The molecule has 0 saturated heterocycles. The van der Waals surface area contributed by atoms with Crippen molar-refractivity contribution in [3.63, 3.8) is 0 Å². The second kappa shape index (κ2) is 5.16. The van der Waals surface area contributed by atoms with Crippen LogP contribution in [0.4, 0.5) is 0 Å². The van der Waals surface area contributed by atoms with Gasteiger partial charge in [-0.15, -0.1) is 0 Å². The molecule has 116 valence electrons. The van der Waals surface area contributed by atoms with Gasteiger partial charge in [0.1, 0.15) is 12.4 Å². The minimum absolute atomic E-state index is 0.0252. The van der Waals surface area contributed by atoms with Crippen LogP contribution in [0.15, 0.2) is 35.9 Å². The Morgan fingerprint density at radius 3 is 2.48 bits per heavy atom. The Labute approximate surface area is 134 Å². The third kappa shape index (κ3) is 2.36. The summed E-state index contributed by atoms with van der Waals surface area (Å²) in [7, 11) is 0. The van der Waals surface area contributed by atoms with Gasteiger partial charge in [0.05, 0.1) is 5.56 Å². The van der Waals surface area contributed by atoms with Gasteiger partial charge in [-0.3, -0.25) is 4.79 Å². The van der Waals surface area contributed by atoms with Gasteiger partial charge in [0.15, 0.2) is 17.3 Å². The van der Waals surface area contributed by atoms with E-state index in [2.05, 4.69) is 26.0 Å². The highest BCUT2D eigenvalue weighted by atomic mass is 16.7. The first-order valence-corrected chi connectivity index (χ1v) is 7.51. The Kier molecular flexibility index (Phi) is 3.11. The Morgan fingerprint density at radius 2 is 1.70 bits per heavy atom. The van der Waals surface area contributed by atoms with Gasteiger partial charge in [0.2, 0.25) is 6.79 Å². The summed E-state index contributed by atoms with van der Waals surface area (Å²) in [6.45, 7) is 4.57. The lowest BCUT2D eigenvalue weighted by molar-refractivity contribution is 0.100. The maximum absolute atomic E-state index is 12.7. The fourth-order valence-corrected chi connectivity index (χ4v) is 2.78. The predicted octanol–water partition coefficient (Wildman–Crippen LogP) is 3.69. The molecule has 23 heavy (non-hydrogen) atoms. The van der Waals surface area contributed by atoms with Gasteiger partial charge in [-0.05, 0) is 42.7 Å². The molecule has 0 atom stereocenters. The first-order valence-electron chi connectivity index (χ1n) is 7.51. The van der Waals surface area contributed by atoms with Gasteiger partial charge in [-0.1, -0.05) is 18.2 Å². The van der Waals surface area contributed by atoms with Crippen LogP contribution in [0.2, 0.25) is 0 Å². The highest BCUT2D eigenvalue weighted by molar-refractivity contribution is 6.14. The summed E-state index contributed by atoms with van der Waals surface area (Å²) in [4.78, 5) is 12.7. The molecular formula is C19H16O4. The normalized spacial score (nSPS) is 17.1. The van der Waals surface area contributed by atoms with E-state index >= 15 is 0 Å². The number of hydrogen-bond donors (Lipinski definition) is 0. The Balaban J connectivity index is 1.71. The van der Waals surface area contributed by atoms with Crippen molar-refractivity contribution in [3.8, 4) is 17.2 Å². The van der Waals surface area contributed by atoms with E-state index in [0.29, 0.717) is 28.4 Å². The molecule has 4 nitrogen and oxygen atoms in total. The average Bonchev–Trinajstić information content (AvgIpc) is 2.99. The van der Waals surface area contributed by atoms with Crippen molar-refractivity contribution in [2.75, 3.05) is 13.4 Å². The van der Waals surface area contributed by atoms with Crippen LogP contribution in [0.25, 0.3) is 6.08 Å². The Morgan fingerprint density at radius 1 is 0.913 bits per heavy atom. The molecule has 0 radical (unpaired) electrons. The van der Waals surface area contributed by atoms with Crippen LogP contribution in [0.5, 0.6) is 17.2 Å². The van der Waals surface area contributed by atoms with Crippen LogP contribution < -0.4 is 14.2 Å². The smallest absolute Gasteiger partial charge is 0.231 e. The summed E-state index contributed by atoms with van der Waals surface area (Å²) >= 11 is 0. The second-order valence-corrected chi connectivity index (χ2v) is 5.83. The molecule has 0 amide bonds. The number of ketones is 1. The molecular weight excluding hydrogens is 292 g/mol. The number of aryl methyl sites for hydroxylation is 2. The van der Waals surface area contributed by atoms with E-state index in [0.717, 1.165) is 5.56 Å². The van der Waals surface area contributed by atoms with Crippen molar-refractivity contribution in [1.82, 2.24) is 0 Å². The maximum Gasteiger partial charge on any atom is 0.231 e. The quantitative estimate of drug-likeness (QED) is 0.754. The molecule has 2 heterocycles. The van der Waals surface area contributed by atoms with Gasteiger partial charge in [-0.25, -0.2) is 0 Å². The van der Waals surface area contributed by atoms with E-state index in [1.165, 1.54) is 11.1 Å². The number of rotatable bonds is 1. The summed E-state index contributed by atoms with van der Waals surface area (Å²) < 4.78 is 16.4. The van der Waals surface area contributed by atoms with Crippen LogP contribution in [0.1, 0.15) is 27.0 Å². The molecule has 4 heteroatoms. The highest BCUT2D eigenvalue weighted by Gasteiger charge is 2.27. The van der Waals surface area contributed by atoms with Crippen molar-refractivity contribution >= 4 is 11.9 Å². The summed E-state index contributed by atoms with van der Waals surface area (Å²) in [5, 5.41) is 0. The number of benzene rings is 2. The minimum atomic E-state index is -0.0252. The molecule has 4 rings (SSSR count). The van der Waals surface area contributed by atoms with Gasteiger partial charge >= 0.3 is 0 Å². The van der Waals surface area contributed by atoms with Crippen LogP contribution in [-0.2, 0) is 0 Å². The third-order valence-corrected chi connectivity index (χ3v) is 4.27. The zero-order valence-electron chi connectivity index (χ0n) is 13.0. The number of Topliss-reactive ketones (excluding diaryl/α,β-unsaturated/α-hetero) is 1. The molecule has 0 saturated carbocycles. The Hall–Kier alpha value is -2.75. The second-order valence-electron chi connectivity index (χ2n) is 5.83. The lowest BCUT2D eigenvalue weighted by Crippen LogP contribution is -2.19. The van der Waals surface area contributed by atoms with Gasteiger partial charge in [0, 0.05) is 11.6 Å². The molecule has 0 N–H and O–H groups in total. The van der Waals surface area contributed by atoms with Crippen molar-refractivity contribution < 1.29 is 19.0 Å². The van der Waals surface area contributed by atoms with E-state index in [1.807, 2.05) is 12.1 Å². The van der Waals surface area contributed by atoms with Gasteiger partial charge in [0.25, 0.3) is 0 Å². The van der Waals surface area contributed by atoms with Crippen LogP contribution in [0.3, 0.4) is 0 Å². The van der Waals surface area contributed by atoms with Crippen LogP contribution in [-0.4, -0.2) is 19.2 Å². The minimum Gasteiger partial charge on any atom is -0.488 e. The Bertz CT molecular complexity index is 849. The molecule has 2 aliphatic heterocycles. The largest absolute Gasteiger partial charge is 0.488 e. The zero-order valence-corrected chi connectivity index (χ0v) is 13.0. The number of hydrogen-bond acceptors (Lipinski definition) is 4. The predicted molar refractivity (Wildman–Crippen MR) is 86.3 cm³/mol. The number of fused-ring (bicyclic) bond motifs is 2. The van der Waals surface area contributed by atoms with E-state index in [1.54, 1.807) is 12.1 Å². The summed E-state index contributed by atoms with van der Waals surface area (Å²) in [5.41, 5.74) is 4.60. The lowest BCUT2D eigenvalue weighted by atomic mass is 9.97. The highest BCUT2D eigenvalue weighted by Crippen LogP contribution is 2.40. The SMILES string of the molecule is Cc1ccc(/C=C2\COc3cc4c(cc3C2=O)OCO4)cc1C. The van der Waals surface area contributed by atoms with E-state index < -0.39 is 0 Å². The fraction of sp³-hybridized carbons (Fsp3) is 0.211. The molecule has 0 bridgehead atoms. The zero-order chi connectivity index (χ0) is 16.0. The summed E-state index contributed by atoms with van der Waals surface area (Å²) in [5.74, 6) is 1.74. The first-order chi connectivity index (χ1) is 11.1. The first kappa shape index (κ1) is 13.9. The monoisotopic (exact) mass is 308 g/mol. The van der Waals surface area contributed by atoms with E-state index in [9.17, 15) is 4.79 Å². The van der Waals surface area contributed by atoms with Crippen LogP contribution >= 0.6 is 0 Å². The summed E-state index contributed by atoms with van der Waals surface area (Å²) in [6.07, 6.45) is 1.89. The third-order valence-electron chi connectivity index (χ3n) is 4.27. The van der Waals surface area contributed by atoms with E-state index in [4.69, 9.17) is 14.2 Å². The van der Waals surface area contributed by atoms with Crippen LogP contribution in [0, 0.1) is 13.8 Å². The maximum atomic E-state index is 12.7. The molecule has 2 aromatic carbocycles. The lowest BCUT2D eigenvalue weighted by Gasteiger charge is -2.19. The van der Waals surface area contributed by atoms with Gasteiger partial charge < -0.3 is 14.2 Å². The fourth-order valence-electron chi connectivity index (χ4n) is 2.78. The van der Waals surface area contributed by atoms with Crippen molar-refractivity contribution in [2.24, 2.45) is 0 Å². The van der Waals surface area contributed by atoms with Crippen molar-refractivity contribution in [1.29, 1.82) is 0 Å². The van der Waals surface area contributed by atoms with Crippen molar-refractivity contribution in [3.05, 3.63) is 58.2 Å². The topological polar surface area (TPSA) is 44.8 Å². The number of ether oxygens (including phenoxy) is 3. The average molecular weight is 308 g/mol. The molecule has 0 spiro atoms. The number of carbonyl (C=O) groups excluding carboxylic acids is 1. The molecule has 0 aromatic heterocycles. The van der Waals surface area contributed by atoms with Crippen molar-refractivity contribution in [2.45, 2.75) is 13.8 Å². The number of carbonyl (C=O) groups is 1. The summed E-state index contributed by atoms with van der Waals surface area (Å²) in [6, 6.07) is 9.57. The standard InChI is InChI=1S/C19H16O4/c1-11-3-4-13(5-12(11)2)6-14-9-21-16-8-18-17(22-10-23-18)7-15(16)19(14)20/h3-8H,9-10H2,1-2H3/b14-6+.